The minimum Gasteiger partial charge on any atom is -0.384 e. The van der Waals surface area contributed by atoms with E-state index < -0.39 is 0 Å². The van der Waals surface area contributed by atoms with Crippen LogP contribution in [0, 0.1) is 27.7 Å². The highest BCUT2D eigenvalue weighted by molar-refractivity contribution is 7.11. The minimum atomic E-state index is 0.943. The second-order valence-electron chi connectivity index (χ2n) is 4.69. The van der Waals surface area contributed by atoms with Crippen LogP contribution < -0.4 is 5.32 Å². The van der Waals surface area contributed by atoms with Crippen LogP contribution in [0.2, 0.25) is 0 Å². The van der Waals surface area contributed by atoms with Gasteiger partial charge < -0.3 is 5.32 Å². The maximum Gasteiger partial charge on any atom is 0.0948 e. The van der Waals surface area contributed by atoms with Gasteiger partial charge >= 0.3 is 0 Å². The van der Waals surface area contributed by atoms with Crippen LogP contribution in [0.1, 0.15) is 26.7 Å². The Balaban J connectivity index is 1.96. The number of aryl methyl sites for hydroxylation is 4. The number of aromatic nitrogens is 1. The van der Waals surface area contributed by atoms with Gasteiger partial charge in [0.2, 0.25) is 0 Å². The maximum absolute atomic E-state index is 4.56. The number of nitrogens with zero attached hydrogens (tertiary/aromatic N) is 1. The Morgan fingerprint density at radius 2 is 1.78 bits per heavy atom. The van der Waals surface area contributed by atoms with Gasteiger partial charge in [-0.05, 0) is 38.8 Å². The lowest BCUT2D eigenvalue weighted by molar-refractivity contribution is 0.981. The van der Waals surface area contributed by atoms with Gasteiger partial charge in [0, 0.05) is 23.5 Å². The smallest absolute Gasteiger partial charge is 0.0948 e. The molecule has 1 aromatic carbocycles. The third kappa shape index (κ3) is 2.91. The monoisotopic (exact) mass is 260 g/mol. The van der Waals surface area contributed by atoms with Crippen molar-refractivity contribution in [1.29, 1.82) is 0 Å². The molecule has 0 radical (unpaired) electrons. The number of rotatable bonds is 4. The summed E-state index contributed by atoms with van der Waals surface area (Å²) < 4.78 is 0. The lowest BCUT2D eigenvalue weighted by Crippen LogP contribution is -2.07. The first-order valence-electron chi connectivity index (χ1n) is 6.31. The fraction of sp³-hybridized carbons (Fsp3) is 0.400. The Hall–Kier alpha value is -1.35. The molecule has 1 N–H and O–H groups in total. The molecule has 96 valence electrons. The van der Waals surface area contributed by atoms with E-state index in [0.29, 0.717) is 0 Å². The van der Waals surface area contributed by atoms with Crippen molar-refractivity contribution in [2.24, 2.45) is 0 Å². The van der Waals surface area contributed by atoms with Gasteiger partial charge in [0.05, 0.1) is 10.7 Å². The van der Waals surface area contributed by atoms with Crippen LogP contribution >= 0.6 is 11.3 Å². The second kappa shape index (κ2) is 5.53. The van der Waals surface area contributed by atoms with Crippen LogP contribution in [-0.4, -0.2) is 11.5 Å². The molecule has 3 heteroatoms. The standard InChI is InChI=1S/C15H20N2S/c1-10-6-5-7-11(2)15(10)16-9-8-14-17-12(3)13(4)18-14/h5-7,16H,8-9H2,1-4H3. The Morgan fingerprint density at radius 3 is 2.33 bits per heavy atom. The lowest BCUT2D eigenvalue weighted by atomic mass is 10.1. The summed E-state index contributed by atoms with van der Waals surface area (Å²) in [4.78, 5) is 5.90. The second-order valence-corrected chi connectivity index (χ2v) is 5.98. The van der Waals surface area contributed by atoms with Crippen molar-refractivity contribution in [3.05, 3.63) is 44.9 Å². The molecule has 18 heavy (non-hydrogen) atoms. The molecule has 0 aliphatic carbocycles. The van der Waals surface area contributed by atoms with Gasteiger partial charge in [0.25, 0.3) is 0 Å². The molecule has 0 unspecified atom stereocenters. The average molecular weight is 260 g/mol. The zero-order chi connectivity index (χ0) is 13.1. The van der Waals surface area contributed by atoms with Gasteiger partial charge in [-0.2, -0.15) is 0 Å². The molecule has 1 heterocycles. The summed E-state index contributed by atoms with van der Waals surface area (Å²) >= 11 is 1.81. The van der Waals surface area contributed by atoms with E-state index in [1.807, 2.05) is 0 Å². The van der Waals surface area contributed by atoms with Crippen LogP contribution in [0.15, 0.2) is 18.2 Å². The van der Waals surface area contributed by atoms with E-state index in [1.165, 1.54) is 32.4 Å². The Kier molecular flexibility index (Phi) is 4.02. The van der Waals surface area contributed by atoms with Gasteiger partial charge in [0.1, 0.15) is 0 Å². The Morgan fingerprint density at radius 1 is 1.11 bits per heavy atom. The zero-order valence-electron chi connectivity index (χ0n) is 11.5. The van der Waals surface area contributed by atoms with Crippen LogP contribution in [-0.2, 0) is 6.42 Å². The largest absolute Gasteiger partial charge is 0.384 e. The van der Waals surface area contributed by atoms with Crippen molar-refractivity contribution in [3.63, 3.8) is 0 Å². The zero-order valence-corrected chi connectivity index (χ0v) is 12.3. The molecule has 0 fully saturated rings. The molecular weight excluding hydrogens is 240 g/mol. The molecule has 0 bridgehead atoms. The highest BCUT2D eigenvalue weighted by Gasteiger charge is 2.04. The van der Waals surface area contributed by atoms with Crippen molar-refractivity contribution >= 4 is 17.0 Å². The van der Waals surface area contributed by atoms with Crippen LogP contribution in [0.3, 0.4) is 0 Å². The molecule has 2 aromatic rings. The van der Waals surface area contributed by atoms with E-state index in [0.717, 1.165) is 13.0 Å². The first-order valence-corrected chi connectivity index (χ1v) is 7.12. The maximum atomic E-state index is 4.56. The first kappa shape index (κ1) is 13.1. The predicted octanol–water partition coefficient (Wildman–Crippen LogP) is 4.03. The summed E-state index contributed by atoms with van der Waals surface area (Å²) in [5.74, 6) is 0. The molecule has 0 saturated heterocycles. The van der Waals surface area contributed by atoms with Crippen molar-refractivity contribution in [2.75, 3.05) is 11.9 Å². The molecule has 1 aromatic heterocycles. The van der Waals surface area contributed by atoms with Crippen LogP contribution in [0.5, 0.6) is 0 Å². The highest BCUT2D eigenvalue weighted by Crippen LogP contribution is 2.20. The topological polar surface area (TPSA) is 24.9 Å². The summed E-state index contributed by atoms with van der Waals surface area (Å²) in [6.45, 7) is 9.45. The lowest BCUT2D eigenvalue weighted by Gasteiger charge is -2.11. The number of para-hydroxylation sites is 1. The minimum absolute atomic E-state index is 0.943. The number of thiazole rings is 1. The summed E-state index contributed by atoms with van der Waals surface area (Å²) in [6.07, 6.45) is 0.993. The predicted molar refractivity (Wildman–Crippen MR) is 79.7 cm³/mol. The first-order chi connectivity index (χ1) is 8.58. The Labute approximate surface area is 113 Å². The SMILES string of the molecule is Cc1cccc(C)c1NCCc1nc(C)c(C)s1. The van der Waals surface area contributed by atoms with E-state index in [2.05, 4.69) is 56.2 Å². The van der Waals surface area contributed by atoms with Gasteiger partial charge in [0.15, 0.2) is 0 Å². The van der Waals surface area contributed by atoms with Crippen molar-refractivity contribution in [3.8, 4) is 0 Å². The molecule has 0 amide bonds. The van der Waals surface area contributed by atoms with Crippen molar-refractivity contribution < 1.29 is 0 Å². The molecular formula is C15H20N2S. The number of anilines is 1. The van der Waals surface area contributed by atoms with E-state index in [-0.39, 0.29) is 0 Å². The highest BCUT2D eigenvalue weighted by atomic mass is 32.1. The Bertz CT molecular complexity index is 504. The quantitative estimate of drug-likeness (QED) is 0.897. The van der Waals surface area contributed by atoms with Gasteiger partial charge in [-0.3, -0.25) is 0 Å². The molecule has 0 aliphatic heterocycles. The molecule has 0 atom stereocenters. The number of hydrogen-bond donors (Lipinski definition) is 1. The summed E-state index contributed by atoms with van der Waals surface area (Å²) in [5, 5.41) is 4.75. The van der Waals surface area contributed by atoms with E-state index in [9.17, 15) is 0 Å². The van der Waals surface area contributed by atoms with E-state index in [1.54, 1.807) is 11.3 Å². The third-order valence-electron chi connectivity index (χ3n) is 3.19. The normalized spacial score (nSPS) is 10.7. The summed E-state index contributed by atoms with van der Waals surface area (Å²) in [7, 11) is 0. The van der Waals surface area contributed by atoms with Crippen LogP contribution in [0.4, 0.5) is 5.69 Å². The van der Waals surface area contributed by atoms with E-state index in [4.69, 9.17) is 0 Å². The summed E-state index contributed by atoms with van der Waals surface area (Å²) in [5.41, 5.74) is 5.05. The molecule has 0 spiro atoms. The molecule has 0 aliphatic rings. The molecule has 0 saturated carbocycles. The number of nitrogens with one attached hydrogen (secondary N) is 1. The van der Waals surface area contributed by atoms with Crippen LogP contribution in [0.25, 0.3) is 0 Å². The van der Waals surface area contributed by atoms with E-state index >= 15 is 0 Å². The van der Waals surface area contributed by atoms with Gasteiger partial charge in [-0.25, -0.2) is 4.98 Å². The third-order valence-corrected chi connectivity index (χ3v) is 4.33. The molecule has 2 nitrogen and oxygen atoms in total. The van der Waals surface area contributed by atoms with Crippen molar-refractivity contribution in [1.82, 2.24) is 4.98 Å². The fourth-order valence-electron chi connectivity index (χ4n) is 2.03. The fourth-order valence-corrected chi connectivity index (χ4v) is 2.97. The van der Waals surface area contributed by atoms with Crippen molar-refractivity contribution in [2.45, 2.75) is 34.1 Å². The number of hydrogen-bond acceptors (Lipinski definition) is 3. The average Bonchev–Trinajstić information content (AvgIpc) is 2.62. The summed E-state index contributed by atoms with van der Waals surface area (Å²) in [6, 6.07) is 6.39. The van der Waals surface area contributed by atoms with Gasteiger partial charge in [-0.15, -0.1) is 11.3 Å². The molecule has 2 rings (SSSR count). The van der Waals surface area contributed by atoms with Gasteiger partial charge in [-0.1, -0.05) is 18.2 Å². The number of benzene rings is 1.